The molecule has 0 saturated carbocycles. The second-order valence-corrected chi connectivity index (χ2v) is 13.4. The molecule has 0 bridgehead atoms. The van der Waals surface area contributed by atoms with Crippen molar-refractivity contribution >= 4 is 55.6 Å². The van der Waals surface area contributed by atoms with Crippen LogP contribution in [0.3, 0.4) is 0 Å². The van der Waals surface area contributed by atoms with Crippen molar-refractivity contribution in [3.05, 3.63) is 140 Å². The van der Waals surface area contributed by atoms with Crippen molar-refractivity contribution in [3.8, 4) is 11.1 Å². The Morgan fingerprint density at radius 1 is 0.475 bits per heavy atom. The molecule has 3 nitrogen and oxygen atoms in total. The summed E-state index contributed by atoms with van der Waals surface area (Å²) in [6.07, 6.45) is 4.48. The number of aromatic nitrogens is 2. The summed E-state index contributed by atoms with van der Waals surface area (Å²) in [4.78, 5) is 0. The first-order chi connectivity index (χ1) is 19.7. The Morgan fingerprint density at radius 3 is 1.85 bits per heavy atom. The summed E-state index contributed by atoms with van der Waals surface area (Å²) in [5, 5.41) is 7.34. The van der Waals surface area contributed by atoms with Crippen LogP contribution in [0.4, 0.5) is 0 Å². The summed E-state index contributed by atoms with van der Waals surface area (Å²) in [5.74, 6) is 0. The molecule has 0 unspecified atom stereocenters. The van der Waals surface area contributed by atoms with Crippen molar-refractivity contribution in [1.82, 2.24) is 0 Å². The number of fused-ring (bicyclic) bond motifs is 1. The molecule has 8 rings (SSSR count). The number of aryl methyl sites for hydroxylation is 2. The third kappa shape index (κ3) is 3.55. The fraction of sp³-hybridized carbons (Fsp3) is 0.0556. The van der Waals surface area contributed by atoms with Gasteiger partial charge in [-0.15, -0.1) is 0 Å². The van der Waals surface area contributed by atoms with Gasteiger partial charge in [0.1, 0.15) is 0 Å². The van der Waals surface area contributed by atoms with Gasteiger partial charge in [-0.3, -0.25) is 0 Å². The summed E-state index contributed by atoms with van der Waals surface area (Å²) < 4.78 is 19.6. The minimum atomic E-state index is -3.01. The first-order valence-electron chi connectivity index (χ1n) is 13.7. The Kier molecular flexibility index (Phi) is 5.23. The van der Waals surface area contributed by atoms with E-state index < -0.39 is 7.14 Å². The van der Waals surface area contributed by atoms with Gasteiger partial charge in [0.05, 0.1) is 10.8 Å². The minimum Gasteiger partial charge on any atom is -0.309 e. The third-order valence-corrected chi connectivity index (χ3v) is 11.3. The maximum absolute atomic E-state index is 14.8. The molecule has 0 fully saturated rings. The van der Waals surface area contributed by atoms with Crippen LogP contribution in [0, 0.1) is 0 Å². The van der Waals surface area contributed by atoms with Crippen LogP contribution in [0.1, 0.15) is 0 Å². The largest absolute Gasteiger partial charge is 0.309 e. The molecule has 5 aromatic carbocycles. The lowest BCUT2D eigenvalue weighted by Gasteiger charge is -2.20. The predicted molar refractivity (Wildman–Crippen MR) is 164 cm³/mol. The van der Waals surface area contributed by atoms with Crippen molar-refractivity contribution in [3.63, 3.8) is 0 Å². The van der Waals surface area contributed by atoms with Gasteiger partial charge in [0.15, 0.2) is 19.5 Å². The number of pyridine rings is 2. The van der Waals surface area contributed by atoms with Crippen LogP contribution in [0.2, 0.25) is 0 Å². The lowest BCUT2D eigenvalue weighted by Crippen LogP contribution is -2.50. The lowest BCUT2D eigenvalue weighted by molar-refractivity contribution is -0.771. The SMILES string of the molecule is O=P(c1ccccc1)(c1ccccc1)c1ccc2cc(-c3cc4ccc5ccc[n+]6c5c4[n+](c3)CC6)ccc2c1. The molecule has 1 aliphatic rings. The smallest absolute Gasteiger partial charge is 0.285 e. The molecule has 0 atom stereocenters. The van der Waals surface area contributed by atoms with E-state index in [2.05, 4.69) is 88.3 Å². The van der Waals surface area contributed by atoms with Crippen LogP contribution in [0.15, 0.2) is 140 Å². The molecule has 0 radical (unpaired) electrons. The van der Waals surface area contributed by atoms with E-state index in [1.165, 1.54) is 32.9 Å². The summed E-state index contributed by atoms with van der Waals surface area (Å²) in [6, 6.07) is 43.8. The molecule has 0 aliphatic carbocycles. The molecule has 40 heavy (non-hydrogen) atoms. The summed E-state index contributed by atoms with van der Waals surface area (Å²) in [7, 11) is -3.01. The van der Waals surface area contributed by atoms with E-state index in [4.69, 9.17) is 0 Å². The van der Waals surface area contributed by atoms with Gasteiger partial charge in [0.25, 0.3) is 11.0 Å². The third-order valence-electron chi connectivity index (χ3n) is 8.28. The molecular weight excluding hydrogens is 507 g/mol. The van der Waals surface area contributed by atoms with Crippen LogP contribution >= 0.6 is 7.14 Å². The predicted octanol–water partition coefficient (Wildman–Crippen LogP) is 6.04. The number of rotatable bonds is 4. The van der Waals surface area contributed by atoms with E-state index in [0.29, 0.717) is 0 Å². The zero-order valence-corrected chi connectivity index (χ0v) is 22.8. The van der Waals surface area contributed by atoms with E-state index in [-0.39, 0.29) is 0 Å². The zero-order valence-electron chi connectivity index (χ0n) is 21.9. The van der Waals surface area contributed by atoms with Crippen LogP contribution in [0.5, 0.6) is 0 Å². The molecule has 2 aromatic heterocycles. The van der Waals surface area contributed by atoms with Crippen LogP contribution < -0.4 is 25.0 Å². The van der Waals surface area contributed by atoms with Crippen molar-refractivity contribution < 1.29 is 13.7 Å². The second-order valence-electron chi connectivity index (χ2n) is 10.6. The fourth-order valence-corrected chi connectivity index (χ4v) is 8.98. The Morgan fingerprint density at radius 2 is 1.07 bits per heavy atom. The van der Waals surface area contributed by atoms with Gasteiger partial charge in [-0.1, -0.05) is 84.9 Å². The van der Waals surface area contributed by atoms with E-state index in [1.54, 1.807) is 0 Å². The molecule has 1 aliphatic heterocycles. The summed E-state index contributed by atoms with van der Waals surface area (Å²) in [5.41, 5.74) is 5.01. The maximum atomic E-state index is 14.8. The minimum absolute atomic E-state index is 0.855. The van der Waals surface area contributed by atoms with E-state index in [9.17, 15) is 4.57 Å². The van der Waals surface area contributed by atoms with Gasteiger partial charge in [0.2, 0.25) is 13.1 Å². The molecule has 0 amide bonds. The van der Waals surface area contributed by atoms with Gasteiger partial charge < -0.3 is 4.57 Å². The van der Waals surface area contributed by atoms with Gasteiger partial charge in [0, 0.05) is 27.5 Å². The molecule has 7 aromatic rings. The number of nitrogens with zero attached hydrogens (tertiary/aromatic N) is 2. The summed E-state index contributed by atoms with van der Waals surface area (Å²) in [6.45, 7) is 1.93. The highest BCUT2D eigenvalue weighted by Crippen LogP contribution is 2.43. The first-order valence-corrected chi connectivity index (χ1v) is 15.4. The molecular formula is C36H27N2OP+2. The number of hydrogen-bond donors (Lipinski definition) is 0. The Hall–Kier alpha value is -4.59. The van der Waals surface area contributed by atoms with Gasteiger partial charge in [-0.05, 0) is 52.7 Å². The topological polar surface area (TPSA) is 24.8 Å². The van der Waals surface area contributed by atoms with Crippen LogP contribution in [0.25, 0.3) is 43.7 Å². The Bertz CT molecular complexity index is 2100. The molecule has 0 saturated heterocycles. The normalized spacial score (nSPS) is 12.9. The van der Waals surface area contributed by atoms with Crippen molar-refractivity contribution in [2.45, 2.75) is 13.1 Å². The number of benzene rings is 5. The highest BCUT2D eigenvalue weighted by molar-refractivity contribution is 7.85. The van der Waals surface area contributed by atoms with Gasteiger partial charge in [-0.25, -0.2) is 0 Å². The van der Waals surface area contributed by atoms with Crippen molar-refractivity contribution in [2.75, 3.05) is 0 Å². The monoisotopic (exact) mass is 534 g/mol. The fourth-order valence-electron chi connectivity index (χ4n) is 6.30. The lowest BCUT2D eigenvalue weighted by atomic mass is 10.00. The molecule has 3 heterocycles. The molecule has 4 heteroatoms. The first kappa shape index (κ1) is 23.3. The van der Waals surface area contributed by atoms with Crippen LogP contribution in [-0.4, -0.2) is 0 Å². The highest BCUT2D eigenvalue weighted by atomic mass is 31.2. The maximum Gasteiger partial charge on any atom is 0.285 e. The molecule has 0 spiro atoms. The second kappa shape index (κ2) is 8.98. The van der Waals surface area contributed by atoms with Crippen molar-refractivity contribution in [2.24, 2.45) is 0 Å². The average Bonchev–Trinajstić information content (AvgIpc) is 3.03. The highest BCUT2D eigenvalue weighted by Gasteiger charge is 2.30. The van der Waals surface area contributed by atoms with E-state index >= 15 is 0 Å². The average molecular weight is 535 g/mol. The standard InChI is InChI=1S/C36H27N2OP/c39-40(32-9-3-1-4-10-32,33-11-5-2-6-12-33)34-18-17-27-22-28(14-15-29(27)24-34)31-23-30-16-13-26-8-7-19-37-20-21-38(25-31)36(30)35(26)37/h1-19,22-25H,20-21H2/q+2. The Labute approximate surface area is 233 Å². The van der Waals surface area contributed by atoms with E-state index in [1.807, 2.05) is 60.7 Å². The molecule has 190 valence electrons. The van der Waals surface area contributed by atoms with E-state index in [0.717, 1.165) is 39.8 Å². The van der Waals surface area contributed by atoms with Gasteiger partial charge in [-0.2, -0.15) is 9.13 Å². The molecule has 0 N–H and O–H groups in total. The van der Waals surface area contributed by atoms with Crippen molar-refractivity contribution in [1.29, 1.82) is 0 Å². The summed E-state index contributed by atoms with van der Waals surface area (Å²) >= 11 is 0. The van der Waals surface area contributed by atoms with Gasteiger partial charge >= 0.3 is 0 Å². The zero-order chi connectivity index (χ0) is 26.7. The number of hydrogen-bond acceptors (Lipinski definition) is 1. The Balaban J connectivity index is 1.25. The van der Waals surface area contributed by atoms with Crippen LogP contribution in [-0.2, 0) is 17.7 Å². The quantitative estimate of drug-likeness (QED) is 0.154.